The van der Waals surface area contributed by atoms with Gasteiger partial charge in [-0.15, -0.1) is 10.2 Å². The molecule has 0 saturated carbocycles. The molecule has 1 atom stereocenters. The second-order valence-electron chi connectivity index (χ2n) is 4.99. The number of oxazole rings is 1. The maximum atomic E-state index is 9.34. The quantitative estimate of drug-likeness (QED) is 0.703. The van der Waals surface area contributed by atoms with Gasteiger partial charge in [-0.1, -0.05) is 30.8 Å². The summed E-state index contributed by atoms with van der Waals surface area (Å²) in [5.74, 6) is 1.26. The predicted octanol–water partition coefficient (Wildman–Crippen LogP) is 3.17. The fourth-order valence-corrected chi connectivity index (χ4v) is 3.17. The van der Waals surface area contributed by atoms with Gasteiger partial charge < -0.3 is 14.1 Å². The van der Waals surface area contributed by atoms with Crippen LogP contribution in [0.15, 0.2) is 33.8 Å². The molecule has 0 aliphatic heterocycles. The van der Waals surface area contributed by atoms with E-state index in [2.05, 4.69) is 22.1 Å². The Kier molecular flexibility index (Phi) is 4.44. The molecule has 0 spiro atoms. The van der Waals surface area contributed by atoms with Crippen LogP contribution in [0, 0.1) is 0 Å². The minimum atomic E-state index is -0.106. The van der Waals surface area contributed by atoms with Crippen LogP contribution in [0.25, 0.3) is 11.1 Å². The molecule has 2 aromatic heterocycles. The molecular weight excluding hydrogens is 300 g/mol. The summed E-state index contributed by atoms with van der Waals surface area (Å²) < 4.78 is 7.74. The van der Waals surface area contributed by atoms with Crippen molar-refractivity contribution >= 4 is 22.9 Å². The Hall–Kier alpha value is -1.86. The number of benzene rings is 1. The van der Waals surface area contributed by atoms with Gasteiger partial charge in [0.25, 0.3) is 0 Å². The fraction of sp³-hybridized carbons (Fsp3) is 0.400. The van der Waals surface area contributed by atoms with Gasteiger partial charge in [-0.3, -0.25) is 0 Å². The van der Waals surface area contributed by atoms with Crippen molar-refractivity contribution in [2.24, 2.45) is 0 Å². The van der Waals surface area contributed by atoms with E-state index in [0.29, 0.717) is 11.7 Å². The Balaban J connectivity index is 1.84. The number of rotatable bonds is 6. The van der Waals surface area contributed by atoms with E-state index in [4.69, 9.17) is 4.42 Å². The lowest BCUT2D eigenvalue weighted by Gasteiger charge is -2.09. The Morgan fingerprint density at radius 1 is 1.32 bits per heavy atom. The molecule has 1 unspecified atom stereocenters. The standard InChI is InChI=1S/C15H18N4O2S/c1-3-8-19-13(9-20)17-18-15(19)22-10(2)14-16-11-6-4-5-7-12(11)21-14/h4-7,10,20H,3,8-9H2,1-2H3. The summed E-state index contributed by atoms with van der Waals surface area (Å²) in [5, 5.41) is 18.3. The van der Waals surface area contributed by atoms with E-state index in [-0.39, 0.29) is 11.9 Å². The van der Waals surface area contributed by atoms with Crippen molar-refractivity contribution in [2.45, 2.75) is 43.8 Å². The zero-order valence-corrected chi connectivity index (χ0v) is 13.4. The first-order valence-electron chi connectivity index (χ1n) is 7.28. The third-order valence-corrected chi connectivity index (χ3v) is 4.39. The van der Waals surface area contributed by atoms with Crippen LogP contribution >= 0.6 is 11.8 Å². The second-order valence-corrected chi connectivity index (χ2v) is 6.30. The highest BCUT2D eigenvalue weighted by molar-refractivity contribution is 7.99. The number of thioether (sulfide) groups is 1. The van der Waals surface area contributed by atoms with Crippen LogP contribution in [0.1, 0.15) is 37.2 Å². The van der Waals surface area contributed by atoms with Crippen molar-refractivity contribution < 1.29 is 9.52 Å². The average Bonchev–Trinajstić information content (AvgIpc) is 3.12. The summed E-state index contributed by atoms with van der Waals surface area (Å²) in [4.78, 5) is 4.52. The molecule has 3 rings (SSSR count). The predicted molar refractivity (Wildman–Crippen MR) is 84.5 cm³/mol. The molecule has 0 amide bonds. The molecule has 2 heterocycles. The van der Waals surface area contributed by atoms with Crippen molar-refractivity contribution in [3.63, 3.8) is 0 Å². The highest BCUT2D eigenvalue weighted by Gasteiger charge is 2.19. The third kappa shape index (κ3) is 2.86. The Bertz CT molecular complexity index is 735. The lowest BCUT2D eigenvalue weighted by molar-refractivity contribution is 0.263. The number of aliphatic hydroxyl groups excluding tert-OH is 1. The van der Waals surface area contributed by atoms with Crippen LogP contribution in [-0.4, -0.2) is 24.9 Å². The van der Waals surface area contributed by atoms with Gasteiger partial charge in [0.05, 0.1) is 5.25 Å². The molecule has 116 valence electrons. The Labute approximate surface area is 132 Å². The van der Waals surface area contributed by atoms with Crippen molar-refractivity contribution in [3.05, 3.63) is 36.0 Å². The minimum absolute atomic E-state index is 0.0127. The molecular formula is C15H18N4O2S. The van der Waals surface area contributed by atoms with Crippen LogP contribution in [-0.2, 0) is 13.2 Å². The number of para-hydroxylation sites is 2. The lowest BCUT2D eigenvalue weighted by atomic mass is 10.3. The summed E-state index contributed by atoms with van der Waals surface area (Å²) in [6.45, 7) is 4.79. The highest BCUT2D eigenvalue weighted by Crippen LogP contribution is 2.35. The van der Waals surface area contributed by atoms with Gasteiger partial charge in [0, 0.05) is 6.54 Å². The van der Waals surface area contributed by atoms with Crippen molar-refractivity contribution in [1.29, 1.82) is 0 Å². The maximum absolute atomic E-state index is 9.34. The number of fused-ring (bicyclic) bond motifs is 1. The van der Waals surface area contributed by atoms with Crippen molar-refractivity contribution in [1.82, 2.24) is 19.7 Å². The van der Waals surface area contributed by atoms with Crippen LogP contribution < -0.4 is 0 Å². The van der Waals surface area contributed by atoms with Gasteiger partial charge in [-0.25, -0.2) is 4.98 Å². The summed E-state index contributed by atoms with van der Waals surface area (Å²) in [6, 6.07) is 7.72. The largest absolute Gasteiger partial charge is 0.439 e. The Morgan fingerprint density at radius 2 is 2.14 bits per heavy atom. The maximum Gasteiger partial charge on any atom is 0.208 e. The first-order valence-corrected chi connectivity index (χ1v) is 8.16. The summed E-state index contributed by atoms with van der Waals surface area (Å²) in [5.41, 5.74) is 1.65. The molecule has 1 aromatic carbocycles. The van der Waals surface area contributed by atoms with E-state index in [1.807, 2.05) is 35.8 Å². The Morgan fingerprint density at radius 3 is 2.86 bits per heavy atom. The molecule has 3 aromatic rings. The number of hydrogen-bond donors (Lipinski definition) is 1. The number of hydrogen-bond acceptors (Lipinski definition) is 6. The monoisotopic (exact) mass is 318 g/mol. The number of aliphatic hydroxyl groups is 1. The topological polar surface area (TPSA) is 77.0 Å². The number of nitrogens with zero attached hydrogens (tertiary/aromatic N) is 4. The molecule has 22 heavy (non-hydrogen) atoms. The molecule has 1 N–H and O–H groups in total. The van der Waals surface area contributed by atoms with Gasteiger partial charge in [0.2, 0.25) is 5.89 Å². The molecule has 0 saturated heterocycles. The van der Waals surface area contributed by atoms with E-state index < -0.39 is 0 Å². The molecule has 0 aliphatic carbocycles. The molecule has 0 aliphatic rings. The van der Waals surface area contributed by atoms with Gasteiger partial charge in [-0.05, 0) is 25.5 Å². The van der Waals surface area contributed by atoms with Gasteiger partial charge >= 0.3 is 0 Å². The van der Waals surface area contributed by atoms with E-state index in [9.17, 15) is 5.11 Å². The third-order valence-electron chi connectivity index (χ3n) is 3.32. The average molecular weight is 318 g/mol. The van der Waals surface area contributed by atoms with Gasteiger partial charge in [0.15, 0.2) is 16.6 Å². The first-order chi connectivity index (χ1) is 10.7. The van der Waals surface area contributed by atoms with Gasteiger partial charge in [-0.2, -0.15) is 0 Å². The smallest absolute Gasteiger partial charge is 0.208 e. The van der Waals surface area contributed by atoms with Crippen molar-refractivity contribution in [3.8, 4) is 0 Å². The molecule has 0 bridgehead atoms. The normalized spacial score (nSPS) is 12.9. The zero-order valence-electron chi connectivity index (χ0n) is 12.6. The second kappa shape index (κ2) is 6.50. The van der Waals surface area contributed by atoms with Crippen LogP contribution in [0.4, 0.5) is 0 Å². The lowest BCUT2D eigenvalue weighted by Crippen LogP contribution is -2.05. The van der Waals surface area contributed by atoms with Gasteiger partial charge in [0.1, 0.15) is 12.1 Å². The minimum Gasteiger partial charge on any atom is -0.439 e. The van der Waals surface area contributed by atoms with E-state index in [1.54, 1.807) is 0 Å². The van der Waals surface area contributed by atoms with E-state index >= 15 is 0 Å². The highest BCUT2D eigenvalue weighted by atomic mass is 32.2. The number of aromatic nitrogens is 4. The molecule has 6 nitrogen and oxygen atoms in total. The first kappa shape index (κ1) is 15.1. The molecule has 0 fully saturated rings. The zero-order chi connectivity index (χ0) is 15.5. The molecule has 7 heteroatoms. The SMILES string of the molecule is CCCn1c(CO)nnc1SC(C)c1nc2ccccc2o1. The fourth-order valence-electron chi connectivity index (χ4n) is 2.24. The van der Waals surface area contributed by atoms with Crippen LogP contribution in [0.3, 0.4) is 0 Å². The molecule has 0 radical (unpaired) electrons. The van der Waals surface area contributed by atoms with Crippen molar-refractivity contribution in [2.75, 3.05) is 0 Å². The summed E-state index contributed by atoms with van der Waals surface area (Å²) in [7, 11) is 0. The van der Waals surface area contributed by atoms with Crippen LogP contribution in [0.2, 0.25) is 0 Å². The van der Waals surface area contributed by atoms with E-state index in [1.165, 1.54) is 11.8 Å². The van der Waals surface area contributed by atoms with E-state index in [0.717, 1.165) is 29.2 Å². The summed E-state index contributed by atoms with van der Waals surface area (Å²) >= 11 is 1.54. The summed E-state index contributed by atoms with van der Waals surface area (Å²) in [6.07, 6.45) is 0.954. The van der Waals surface area contributed by atoms with Crippen LogP contribution in [0.5, 0.6) is 0 Å².